The molecular formula is C21H23BN2O6. The molecule has 1 aromatic heterocycles. The van der Waals surface area contributed by atoms with Gasteiger partial charge < -0.3 is 29.4 Å². The highest BCUT2D eigenvalue weighted by Gasteiger charge is 2.54. The van der Waals surface area contributed by atoms with E-state index in [0.29, 0.717) is 24.0 Å². The monoisotopic (exact) mass is 410 g/mol. The normalized spacial score (nSPS) is 22.6. The number of para-hydroxylation sites is 1. The van der Waals surface area contributed by atoms with E-state index in [-0.39, 0.29) is 25.0 Å². The fourth-order valence-electron chi connectivity index (χ4n) is 4.21. The summed E-state index contributed by atoms with van der Waals surface area (Å²) in [7, 11) is -1.77. The zero-order chi connectivity index (χ0) is 21.3. The van der Waals surface area contributed by atoms with E-state index in [9.17, 15) is 19.6 Å². The lowest BCUT2D eigenvalue weighted by Crippen LogP contribution is -2.49. The van der Waals surface area contributed by atoms with Gasteiger partial charge in [0.1, 0.15) is 12.2 Å². The van der Waals surface area contributed by atoms with Crippen LogP contribution in [0.3, 0.4) is 0 Å². The third-order valence-electron chi connectivity index (χ3n) is 5.85. The Bertz CT molecular complexity index is 1010. The minimum atomic E-state index is -1.77. The molecule has 4 rings (SSSR count). The number of likely N-dealkylation sites (tertiary alicyclic amines) is 1. The first kappa shape index (κ1) is 20.3. The number of piperidine rings is 1. The molecule has 1 aromatic carbocycles. The van der Waals surface area contributed by atoms with Crippen LogP contribution in [0.25, 0.3) is 11.0 Å². The summed E-state index contributed by atoms with van der Waals surface area (Å²) in [6.07, 6.45) is 1.95. The number of carbonyl (C=O) groups is 2. The highest BCUT2D eigenvalue weighted by atomic mass is 16.5. The molecule has 30 heavy (non-hydrogen) atoms. The van der Waals surface area contributed by atoms with Crippen molar-refractivity contribution in [3.05, 3.63) is 36.1 Å². The smallest absolute Gasteiger partial charge is 0.464 e. The number of hydrogen-bond acceptors (Lipinski definition) is 6. The maximum Gasteiger partial charge on any atom is 0.475 e. The molecule has 2 aromatic rings. The molecule has 2 fully saturated rings. The van der Waals surface area contributed by atoms with E-state index < -0.39 is 19.2 Å². The second-order valence-corrected chi connectivity index (χ2v) is 7.78. The molecule has 1 aliphatic heterocycles. The van der Waals surface area contributed by atoms with Crippen LogP contribution in [-0.2, 0) is 16.0 Å². The van der Waals surface area contributed by atoms with Gasteiger partial charge in [0.15, 0.2) is 0 Å². The summed E-state index contributed by atoms with van der Waals surface area (Å²) in [6, 6.07) is 7.19. The fourth-order valence-corrected chi connectivity index (χ4v) is 4.21. The molecule has 1 unspecified atom stereocenters. The summed E-state index contributed by atoms with van der Waals surface area (Å²) < 4.78 is 10.8. The zero-order valence-corrected chi connectivity index (χ0v) is 16.6. The van der Waals surface area contributed by atoms with Crippen molar-refractivity contribution in [1.29, 1.82) is 0 Å². The lowest BCUT2D eigenvalue weighted by Gasteiger charge is -2.25. The lowest BCUT2D eigenvalue weighted by molar-refractivity contribution is -0.127. The van der Waals surface area contributed by atoms with Gasteiger partial charge in [0, 0.05) is 11.9 Å². The Morgan fingerprint density at radius 2 is 2.20 bits per heavy atom. The van der Waals surface area contributed by atoms with Crippen LogP contribution in [0.2, 0.25) is 0 Å². The Labute approximate surface area is 174 Å². The number of alkyl carbamates (subject to hydrolysis) is 1. The summed E-state index contributed by atoms with van der Waals surface area (Å²) >= 11 is 0. The van der Waals surface area contributed by atoms with Crippen molar-refractivity contribution in [3.63, 3.8) is 0 Å². The van der Waals surface area contributed by atoms with Crippen LogP contribution >= 0.6 is 0 Å². The molecular weight excluding hydrogens is 387 g/mol. The molecule has 9 heteroatoms. The highest BCUT2D eigenvalue weighted by molar-refractivity contribution is 6.43. The number of ether oxygens (including phenoxy) is 1. The summed E-state index contributed by atoms with van der Waals surface area (Å²) in [4.78, 5) is 26.1. The van der Waals surface area contributed by atoms with Crippen molar-refractivity contribution in [1.82, 2.24) is 10.2 Å². The maximum absolute atomic E-state index is 12.3. The van der Waals surface area contributed by atoms with Gasteiger partial charge in [0.2, 0.25) is 0 Å². The van der Waals surface area contributed by atoms with Crippen molar-refractivity contribution in [3.8, 4) is 11.8 Å². The molecule has 4 atom stereocenters. The first-order valence-electron chi connectivity index (χ1n) is 9.95. The number of rotatable bonds is 6. The molecule has 2 amide bonds. The first-order chi connectivity index (χ1) is 14.5. The minimum Gasteiger partial charge on any atom is -0.464 e. The van der Waals surface area contributed by atoms with E-state index in [1.54, 1.807) is 11.8 Å². The van der Waals surface area contributed by atoms with E-state index in [1.165, 1.54) is 6.26 Å². The molecule has 0 bridgehead atoms. The predicted molar refractivity (Wildman–Crippen MR) is 109 cm³/mol. The quantitative estimate of drug-likeness (QED) is 0.483. The van der Waals surface area contributed by atoms with E-state index in [1.807, 2.05) is 24.3 Å². The standard InChI is InChI=1S/C21H23BN2O6/c1-2-5-20(25)24-10-13-8-16(13)17(24)12-30-21(26)23-19(22(27)28)9-14-11-29-18-7-4-3-6-15(14)18/h3-4,6-7,11,13,16-17,19,27-28H,8-10,12H2,1H3,(H,23,26)/t13-,16-,17-,19?/m0/s1. The number of nitrogens with one attached hydrogen (secondary N) is 1. The lowest BCUT2D eigenvalue weighted by atomic mass is 9.76. The highest BCUT2D eigenvalue weighted by Crippen LogP contribution is 2.49. The van der Waals surface area contributed by atoms with E-state index >= 15 is 0 Å². The van der Waals surface area contributed by atoms with Gasteiger partial charge in [-0.2, -0.15) is 0 Å². The van der Waals surface area contributed by atoms with Gasteiger partial charge in [-0.15, -0.1) is 0 Å². The van der Waals surface area contributed by atoms with E-state index in [4.69, 9.17) is 9.15 Å². The van der Waals surface area contributed by atoms with Gasteiger partial charge in [-0.05, 0) is 49.2 Å². The average Bonchev–Trinajstić information content (AvgIpc) is 3.23. The number of fused-ring (bicyclic) bond motifs is 2. The molecule has 2 aliphatic rings. The molecule has 1 saturated heterocycles. The van der Waals surface area contributed by atoms with Gasteiger partial charge in [-0.1, -0.05) is 24.1 Å². The Morgan fingerprint density at radius 3 is 2.97 bits per heavy atom. The number of furan rings is 1. The van der Waals surface area contributed by atoms with Gasteiger partial charge in [-0.3, -0.25) is 4.79 Å². The topological polar surface area (TPSA) is 112 Å². The SMILES string of the molecule is CC#CC(=O)N1C[C@@H]2C[C@@H]2[C@@H]1COC(=O)NC(Cc1coc2ccccc12)B(O)O. The fraction of sp³-hybridized carbons (Fsp3) is 0.429. The van der Waals surface area contributed by atoms with Crippen LogP contribution in [0.5, 0.6) is 0 Å². The van der Waals surface area contributed by atoms with Crippen molar-refractivity contribution < 1.29 is 28.8 Å². The van der Waals surface area contributed by atoms with Crippen molar-refractivity contribution in [2.45, 2.75) is 31.7 Å². The zero-order valence-electron chi connectivity index (χ0n) is 16.6. The van der Waals surface area contributed by atoms with Gasteiger partial charge in [0.25, 0.3) is 5.91 Å². The third-order valence-corrected chi connectivity index (χ3v) is 5.85. The number of hydrogen-bond donors (Lipinski definition) is 3. The Kier molecular flexibility index (Phi) is 5.70. The van der Waals surface area contributed by atoms with E-state index in [0.717, 1.165) is 17.4 Å². The maximum atomic E-state index is 12.3. The molecule has 1 saturated carbocycles. The van der Waals surface area contributed by atoms with Crippen molar-refractivity contribution in [2.75, 3.05) is 13.2 Å². The molecule has 8 nitrogen and oxygen atoms in total. The van der Waals surface area contributed by atoms with Crippen LogP contribution < -0.4 is 5.32 Å². The van der Waals surface area contributed by atoms with Crippen LogP contribution in [-0.4, -0.2) is 59.2 Å². The van der Waals surface area contributed by atoms with Crippen molar-refractivity contribution >= 4 is 30.1 Å². The summed E-state index contributed by atoms with van der Waals surface area (Å²) in [6.45, 7) is 2.30. The van der Waals surface area contributed by atoms with Gasteiger partial charge in [-0.25, -0.2) is 4.79 Å². The van der Waals surface area contributed by atoms with Crippen LogP contribution in [0, 0.1) is 23.7 Å². The molecule has 0 radical (unpaired) electrons. The number of amides is 2. The molecule has 156 valence electrons. The van der Waals surface area contributed by atoms with Gasteiger partial charge in [0.05, 0.1) is 18.2 Å². The average molecular weight is 410 g/mol. The molecule has 2 heterocycles. The number of carbonyl (C=O) groups excluding carboxylic acids is 2. The molecule has 3 N–H and O–H groups in total. The summed E-state index contributed by atoms with van der Waals surface area (Å²) in [5.74, 6) is 4.70. The third kappa shape index (κ3) is 4.15. The molecule has 0 spiro atoms. The second kappa shape index (κ2) is 8.42. The summed E-state index contributed by atoms with van der Waals surface area (Å²) in [5, 5.41) is 22.8. The first-order valence-corrected chi connectivity index (χ1v) is 9.95. The van der Waals surface area contributed by atoms with Crippen LogP contribution in [0.1, 0.15) is 18.9 Å². The largest absolute Gasteiger partial charge is 0.475 e. The van der Waals surface area contributed by atoms with Gasteiger partial charge >= 0.3 is 13.2 Å². The summed E-state index contributed by atoms with van der Waals surface area (Å²) in [5.41, 5.74) is 1.43. The number of benzene rings is 1. The Hall–Kier alpha value is -2.96. The van der Waals surface area contributed by atoms with Crippen molar-refractivity contribution in [2.24, 2.45) is 11.8 Å². The second-order valence-electron chi connectivity index (χ2n) is 7.78. The minimum absolute atomic E-state index is 0.0486. The Morgan fingerprint density at radius 1 is 1.40 bits per heavy atom. The Balaban J connectivity index is 1.35. The van der Waals surface area contributed by atoms with Crippen LogP contribution in [0.4, 0.5) is 4.79 Å². The molecule has 1 aliphatic carbocycles. The van der Waals surface area contributed by atoms with E-state index in [2.05, 4.69) is 17.2 Å². The predicted octanol–water partition coefficient (Wildman–Crippen LogP) is 0.952. The number of nitrogens with zero attached hydrogens (tertiary/aromatic N) is 1. The van der Waals surface area contributed by atoms with Crippen LogP contribution in [0.15, 0.2) is 34.9 Å².